The average molecular weight is 422 g/mol. The smallest absolute Gasteiger partial charge is 0.325 e. The molecule has 1 aromatic rings. The molecule has 158 valence electrons. The Kier molecular flexibility index (Phi) is 5.39. The number of sulfonamides is 1. The van der Waals surface area contributed by atoms with Gasteiger partial charge in [-0.3, -0.25) is 9.69 Å². The van der Waals surface area contributed by atoms with Crippen LogP contribution in [-0.2, 0) is 26.1 Å². The van der Waals surface area contributed by atoms with Gasteiger partial charge in [0.25, 0.3) is 5.91 Å². The Bertz CT molecular complexity index is 912. The summed E-state index contributed by atoms with van der Waals surface area (Å²) in [6.07, 6.45) is 3.54. The molecule has 2 aliphatic heterocycles. The third-order valence-corrected chi connectivity index (χ3v) is 8.24. The molecule has 3 aliphatic rings. The molecule has 1 aromatic carbocycles. The molecule has 3 amide bonds. The maximum absolute atomic E-state index is 13.1. The van der Waals surface area contributed by atoms with Crippen molar-refractivity contribution in [3.05, 3.63) is 29.8 Å². The number of hydrogen-bond acceptors (Lipinski definition) is 5. The average Bonchev–Trinajstić information content (AvgIpc) is 2.96. The van der Waals surface area contributed by atoms with Crippen molar-refractivity contribution in [1.29, 1.82) is 0 Å². The van der Waals surface area contributed by atoms with Crippen molar-refractivity contribution in [1.82, 2.24) is 14.5 Å². The van der Waals surface area contributed by atoms with Crippen LogP contribution in [0, 0.1) is 5.92 Å². The lowest BCUT2D eigenvalue weighted by Gasteiger charge is -2.36. The number of nitrogens with one attached hydrogen (secondary N) is 1. The number of hydrogen-bond donors (Lipinski definition) is 1. The monoisotopic (exact) mass is 421 g/mol. The van der Waals surface area contributed by atoms with E-state index >= 15 is 0 Å². The maximum Gasteiger partial charge on any atom is 0.325 e. The molecular formula is C20H27N3O5S. The van der Waals surface area contributed by atoms with Gasteiger partial charge in [-0.1, -0.05) is 31.9 Å². The van der Waals surface area contributed by atoms with Gasteiger partial charge in [-0.15, -0.1) is 0 Å². The number of rotatable bonds is 4. The summed E-state index contributed by atoms with van der Waals surface area (Å²) in [5.74, 6) is -0.109. The molecule has 4 rings (SSSR count). The number of amides is 3. The van der Waals surface area contributed by atoms with Crippen molar-refractivity contribution in [3.8, 4) is 0 Å². The molecule has 9 heteroatoms. The molecule has 2 saturated heterocycles. The van der Waals surface area contributed by atoms with E-state index < -0.39 is 21.6 Å². The fourth-order valence-electron chi connectivity index (χ4n) is 4.56. The molecule has 0 unspecified atom stereocenters. The SMILES string of the molecule is C[C@@H]1CCCC[C@]12NC(=O)N(Cc1cccc(S(=O)(=O)N3CCOCC3)c1)C2=O. The Morgan fingerprint density at radius 2 is 1.97 bits per heavy atom. The summed E-state index contributed by atoms with van der Waals surface area (Å²) >= 11 is 0. The lowest BCUT2D eigenvalue weighted by Crippen LogP contribution is -2.53. The number of benzene rings is 1. The minimum absolute atomic E-state index is 0.0611. The number of urea groups is 1. The quantitative estimate of drug-likeness (QED) is 0.747. The zero-order valence-corrected chi connectivity index (χ0v) is 17.4. The predicted molar refractivity (Wildman–Crippen MR) is 105 cm³/mol. The second kappa shape index (κ2) is 7.70. The molecule has 0 bridgehead atoms. The highest BCUT2D eigenvalue weighted by molar-refractivity contribution is 7.89. The highest BCUT2D eigenvalue weighted by Gasteiger charge is 2.54. The number of imide groups is 1. The van der Waals surface area contributed by atoms with Gasteiger partial charge in [-0.25, -0.2) is 13.2 Å². The predicted octanol–water partition coefficient (Wildman–Crippen LogP) is 1.71. The van der Waals surface area contributed by atoms with Gasteiger partial charge in [-0.05, 0) is 36.5 Å². The normalized spacial score (nSPS) is 28.7. The minimum atomic E-state index is -3.63. The van der Waals surface area contributed by atoms with Gasteiger partial charge in [-0.2, -0.15) is 4.31 Å². The van der Waals surface area contributed by atoms with Crippen LogP contribution in [0.5, 0.6) is 0 Å². The van der Waals surface area contributed by atoms with E-state index in [1.165, 1.54) is 9.21 Å². The molecule has 0 aromatic heterocycles. The van der Waals surface area contributed by atoms with Crippen LogP contribution in [0.25, 0.3) is 0 Å². The van der Waals surface area contributed by atoms with Gasteiger partial charge in [0.05, 0.1) is 24.7 Å². The Hall–Kier alpha value is -1.97. The van der Waals surface area contributed by atoms with Crippen molar-refractivity contribution >= 4 is 22.0 Å². The molecular weight excluding hydrogens is 394 g/mol. The van der Waals surface area contributed by atoms with Gasteiger partial charge in [0.2, 0.25) is 10.0 Å². The standard InChI is InChI=1S/C20H27N3O5S/c1-15-5-2-3-8-20(15)18(24)23(19(25)21-20)14-16-6-4-7-17(13-16)29(26,27)22-9-11-28-12-10-22/h4,6-7,13,15H,2-3,5,8-12,14H2,1H3,(H,21,25)/t15-,20+/m1/s1. The van der Waals surface area contributed by atoms with E-state index in [4.69, 9.17) is 4.74 Å². The number of nitrogens with zero attached hydrogens (tertiary/aromatic N) is 2. The van der Waals surface area contributed by atoms with Gasteiger partial charge < -0.3 is 10.1 Å². The van der Waals surface area contributed by atoms with Crippen molar-refractivity contribution in [2.75, 3.05) is 26.3 Å². The van der Waals surface area contributed by atoms with Crippen LogP contribution in [-0.4, -0.2) is 61.4 Å². The fourth-order valence-corrected chi connectivity index (χ4v) is 6.04. The van der Waals surface area contributed by atoms with Crippen LogP contribution < -0.4 is 5.32 Å². The van der Waals surface area contributed by atoms with Crippen molar-refractivity contribution < 1.29 is 22.7 Å². The minimum Gasteiger partial charge on any atom is -0.379 e. The molecule has 1 spiro atoms. The van der Waals surface area contributed by atoms with Gasteiger partial charge in [0.15, 0.2) is 0 Å². The highest BCUT2D eigenvalue weighted by atomic mass is 32.2. The molecule has 1 N–H and O–H groups in total. The zero-order valence-electron chi connectivity index (χ0n) is 16.6. The molecule has 3 fully saturated rings. The molecule has 1 saturated carbocycles. The summed E-state index contributed by atoms with van der Waals surface area (Å²) in [5.41, 5.74) is -0.198. The summed E-state index contributed by atoms with van der Waals surface area (Å²) in [6, 6.07) is 6.10. The highest BCUT2D eigenvalue weighted by Crippen LogP contribution is 2.38. The number of carbonyl (C=O) groups is 2. The lowest BCUT2D eigenvalue weighted by atomic mass is 9.73. The first-order valence-electron chi connectivity index (χ1n) is 10.2. The fraction of sp³-hybridized carbons (Fsp3) is 0.600. The largest absolute Gasteiger partial charge is 0.379 e. The van der Waals surface area contributed by atoms with Crippen LogP contribution in [0.2, 0.25) is 0 Å². The summed E-state index contributed by atoms with van der Waals surface area (Å²) < 4.78 is 32.4. The van der Waals surface area contributed by atoms with E-state index in [0.29, 0.717) is 38.3 Å². The lowest BCUT2D eigenvalue weighted by molar-refractivity contribution is -0.134. The summed E-state index contributed by atoms with van der Waals surface area (Å²) in [6.45, 7) is 3.46. The third kappa shape index (κ3) is 3.55. The molecule has 2 heterocycles. The summed E-state index contributed by atoms with van der Waals surface area (Å²) in [4.78, 5) is 27.1. The van der Waals surface area contributed by atoms with Crippen LogP contribution in [0.1, 0.15) is 38.2 Å². The van der Waals surface area contributed by atoms with E-state index in [9.17, 15) is 18.0 Å². The van der Waals surface area contributed by atoms with Gasteiger partial charge in [0.1, 0.15) is 5.54 Å². The molecule has 0 radical (unpaired) electrons. The third-order valence-electron chi connectivity index (χ3n) is 6.35. The van der Waals surface area contributed by atoms with Gasteiger partial charge >= 0.3 is 6.03 Å². The second-order valence-electron chi connectivity index (χ2n) is 8.10. The van der Waals surface area contributed by atoms with E-state index in [1.807, 2.05) is 6.92 Å². The second-order valence-corrected chi connectivity index (χ2v) is 10.0. The molecule has 1 aliphatic carbocycles. The van der Waals surface area contributed by atoms with Gasteiger partial charge in [0, 0.05) is 13.1 Å². The summed E-state index contributed by atoms with van der Waals surface area (Å²) in [5, 5.41) is 2.93. The Balaban J connectivity index is 1.55. The molecule has 8 nitrogen and oxygen atoms in total. The van der Waals surface area contributed by atoms with Crippen molar-refractivity contribution in [3.63, 3.8) is 0 Å². The topological polar surface area (TPSA) is 96.0 Å². The summed E-state index contributed by atoms with van der Waals surface area (Å²) in [7, 11) is -3.63. The first-order chi connectivity index (χ1) is 13.8. The van der Waals surface area contributed by atoms with E-state index in [0.717, 1.165) is 19.3 Å². The van der Waals surface area contributed by atoms with Crippen molar-refractivity contribution in [2.45, 2.75) is 49.6 Å². The van der Waals surface area contributed by atoms with Crippen LogP contribution in [0.3, 0.4) is 0 Å². The Labute approximate surface area is 171 Å². The van der Waals surface area contributed by atoms with E-state index in [1.54, 1.807) is 24.3 Å². The first kappa shape index (κ1) is 20.3. The number of carbonyl (C=O) groups excluding carboxylic acids is 2. The maximum atomic E-state index is 13.1. The zero-order chi connectivity index (χ0) is 20.6. The van der Waals surface area contributed by atoms with Crippen LogP contribution in [0.4, 0.5) is 4.79 Å². The first-order valence-corrected chi connectivity index (χ1v) is 11.6. The Morgan fingerprint density at radius 3 is 2.69 bits per heavy atom. The van der Waals surface area contributed by atoms with E-state index in [2.05, 4.69) is 5.32 Å². The Morgan fingerprint density at radius 1 is 1.21 bits per heavy atom. The van der Waals surface area contributed by atoms with E-state index in [-0.39, 0.29) is 23.3 Å². The number of ether oxygens (including phenoxy) is 1. The molecule has 2 atom stereocenters. The van der Waals surface area contributed by atoms with Crippen LogP contribution >= 0.6 is 0 Å². The number of morpholine rings is 1. The molecule has 29 heavy (non-hydrogen) atoms. The van der Waals surface area contributed by atoms with Crippen molar-refractivity contribution in [2.24, 2.45) is 5.92 Å². The van der Waals surface area contributed by atoms with Crippen LogP contribution in [0.15, 0.2) is 29.2 Å².